The van der Waals surface area contributed by atoms with Gasteiger partial charge in [-0.25, -0.2) is 14.7 Å². The van der Waals surface area contributed by atoms with Gasteiger partial charge < -0.3 is 5.32 Å². The summed E-state index contributed by atoms with van der Waals surface area (Å²) in [6, 6.07) is -0.214. The van der Waals surface area contributed by atoms with Crippen molar-refractivity contribution in [3.8, 4) is 0 Å². The van der Waals surface area contributed by atoms with E-state index >= 15 is 0 Å². The lowest BCUT2D eigenvalue weighted by atomic mass is 9.73. The number of carbonyl (C=O) groups excluding carboxylic acids is 2. The molecule has 3 aliphatic rings. The monoisotopic (exact) mass is 433 g/mol. The van der Waals surface area contributed by atoms with Crippen molar-refractivity contribution in [2.24, 2.45) is 5.92 Å². The normalized spacial score (nSPS) is 29.1. The Balaban J connectivity index is 1.30. The molecule has 1 N–H and O–H groups in total. The van der Waals surface area contributed by atoms with Gasteiger partial charge in [0.2, 0.25) is 0 Å². The van der Waals surface area contributed by atoms with Crippen LogP contribution in [0.1, 0.15) is 64.1 Å². The maximum absolute atomic E-state index is 13.2. The summed E-state index contributed by atoms with van der Waals surface area (Å²) >= 11 is 1.74. The van der Waals surface area contributed by atoms with Crippen molar-refractivity contribution in [2.75, 3.05) is 32.8 Å². The molecule has 2 atom stereocenters. The van der Waals surface area contributed by atoms with Crippen LogP contribution in [0.3, 0.4) is 0 Å². The first-order valence-electron chi connectivity index (χ1n) is 11.2. The molecule has 0 aromatic carbocycles. The third-order valence-electron chi connectivity index (χ3n) is 6.89. The number of thiazole rings is 1. The predicted molar refractivity (Wildman–Crippen MR) is 118 cm³/mol. The molecule has 0 unspecified atom stereocenters. The standard InChI is InChI=1S/C22H35N5O2S/c1-16-7-5-6-8-22(16)19(28)27(20(29)24-22)15-26-11-9-25(10-12-26)13-17-14-30-18(23-17)21(2,3)4/h14,16H,5-13,15H2,1-4H3,(H,24,29)/t16-,22+/m1/s1. The van der Waals surface area contributed by atoms with E-state index in [-0.39, 0.29) is 23.3 Å². The highest BCUT2D eigenvalue weighted by molar-refractivity contribution is 7.09. The third kappa shape index (κ3) is 4.14. The van der Waals surface area contributed by atoms with E-state index < -0.39 is 5.54 Å². The van der Waals surface area contributed by atoms with Gasteiger partial charge in [-0.05, 0) is 18.8 Å². The van der Waals surface area contributed by atoms with Crippen LogP contribution in [0.25, 0.3) is 0 Å². The topological polar surface area (TPSA) is 68.8 Å². The van der Waals surface area contributed by atoms with Crippen LogP contribution < -0.4 is 5.32 Å². The van der Waals surface area contributed by atoms with Gasteiger partial charge in [-0.2, -0.15) is 0 Å². The Hall–Kier alpha value is -1.51. The summed E-state index contributed by atoms with van der Waals surface area (Å²) in [5.41, 5.74) is 0.574. The molecular formula is C22H35N5O2S. The molecule has 3 heterocycles. The summed E-state index contributed by atoms with van der Waals surface area (Å²) in [7, 11) is 0. The summed E-state index contributed by atoms with van der Waals surface area (Å²) in [6.07, 6.45) is 3.93. The molecule has 1 saturated carbocycles. The minimum absolute atomic E-state index is 0.0145. The second-order valence-electron chi connectivity index (χ2n) is 10.2. The number of imide groups is 1. The van der Waals surface area contributed by atoms with Crippen LogP contribution in [0.4, 0.5) is 4.79 Å². The second kappa shape index (κ2) is 8.20. The first-order valence-corrected chi connectivity index (χ1v) is 12.1. The fourth-order valence-electron chi connectivity index (χ4n) is 4.87. The van der Waals surface area contributed by atoms with E-state index in [1.165, 1.54) is 9.91 Å². The van der Waals surface area contributed by atoms with E-state index in [0.29, 0.717) is 6.67 Å². The molecule has 0 radical (unpaired) electrons. The zero-order valence-electron chi connectivity index (χ0n) is 18.7. The lowest BCUT2D eigenvalue weighted by Gasteiger charge is -2.38. The molecule has 30 heavy (non-hydrogen) atoms. The van der Waals surface area contributed by atoms with Gasteiger partial charge in [-0.15, -0.1) is 11.3 Å². The highest BCUT2D eigenvalue weighted by Crippen LogP contribution is 2.38. The number of carbonyl (C=O) groups is 2. The van der Waals surface area contributed by atoms with Crippen molar-refractivity contribution in [1.29, 1.82) is 0 Å². The Bertz CT molecular complexity index is 796. The van der Waals surface area contributed by atoms with E-state index in [9.17, 15) is 9.59 Å². The number of hydrogen-bond acceptors (Lipinski definition) is 6. The molecule has 8 heteroatoms. The summed E-state index contributed by atoms with van der Waals surface area (Å²) < 4.78 is 0. The molecule has 2 saturated heterocycles. The predicted octanol–water partition coefficient (Wildman–Crippen LogP) is 3.02. The highest BCUT2D eigenvalue weighted by atomic mass is 32.1. The first-order chi connectivity index (χ1) is 14.2. The molecule has 2 aliphatic heterocycles. The van der Waals surface area contributed by atoms with Crippen molar-refractivity contribution < 1.29 is 9.59 Å². The molecule has 1 aliphatic carbocycles. The molecule has 1 aromatic heterocycles. The average molecular weight is 434 g/mol. The largest absolute Gasteiger partial charge is 0.326 e. The number of nitrogens with one attached hydrogen (secondary N) is 1. The van der Waals surface area contributed by atoms with Gasteiger partial charge in [0.05, 0.1) is 17.4 Å². The fraction of sp³-hybridized carbons (Fsp3) is 0.773. The Kier molecular flexibility index (Phi) is 5.94. The number of urea groups is 1. The Labute approximate surface area is 183 Å². The zero-order valence-corrected chi connectivity index (χ0v) is 19.6. The minimum Gasteiger partial charge on any atom is -0.323 e. The summed E-state index contributed by atoms with van der Waals surface area (Å²) in [6.45, 7) is 13.5. The summed E-state index contributed by atoms with van der Waals surface area (Å²) in [5.74, 6) is 0.194. The van der Waals surface area contributed by atoms with Crippen LogP contribution in [0.5, 0.6) is 0 Å². The molecule has 3 fully saturated rings. The van der Waals surface area contributed by atoms with Gasteiger partial charge in [0.1, 0.15) is 5.54 Å². The Morgan fingerprint density at radius 1 is 1.17 bits per heavy atom. The van der Waals surface area contributed by atoms with Crippen LogP contribution in [0.2, 0.25) is 0 Å². The SMILES string of the molecule is C[C@@H]1CCCC[C@]12NC(=O)N(CN1CCN(Cc3csc(C(C)(C)C)n3)CC1)C2=O. The minimum atomic E-state index is -0.660. The van der Waals surface area contributed by atoms with E-state index in [1.54, 1.807) is 11.3 Å². The number of amides is 3. The van der Waals surface area contributed by atoms with Crippen LogP contribution in [-0.4, -0.2) is 70.0 Å². The molecule has 1 aromatic rings. The second-order valence-corrected chi connectivity index (χ2v) is 11.1. The van der Waals surface area contributed by atoms with Crippen molar-refractivity contribution >= 4 is 23.3 Å². The summed E-state index contributed by atoms with van der Waals surface area (Å²) in [5, 5.41) is 6.41. The molecule has 0 bridgehead atoms. The first kappa shape index (κ1) is 21.7. The number of rotatable bonds is 4. The molecule has 4 rings (SSSR count). The lowest BCUT2D eigenvalue weighted by molar-refractivity contribution is -0.136. The van der Waals surface area contributed by atoms with Crippen LogP contribution in [0, 0.1) is 5.92 Å². The molecule has 1 spiro atoms. The van der Waals surface area contributed by atoms with E-state index in [1.807, 2.05) is 0 Å². The molecule has 7 nitrogen and oxygen atoms in total. The number of aromatic nitrogens is 1. The van der Waals surface area contributed by atoms with Gasteiger partial charge in [-0.3, -0.25) is 14.6 Å². The van der Waals surface area contributed by atoms with Gasteiger partial charge >= 0.3 is 6.03 Å². The van der Waals surface area contributed by atoms with Crippen molar-refractivity contribution in [1.82, 2.24) is 25.0 Å². The Morgan fingerprint density at radius 3 is 2.50 bits per heavy atom. The maximum atomic E-state index is 13.2. The van der Waals surface area contributed by atoms with Gasteiger partial charge in [0.15, 0.2) is 0 Å². The van der Waals surface area contributed by atoms with Gasteiger partial charge in [0, 0.05) is 43.5 Å². The fourth-order valence-corrected chi connectivity index (χ4v) is 5.76. The quantitative estimate of drug-likeness (QED) is 0.740. The van der Waals surface area contributed by atoms with Crippen LogP contribution in [-0.2, 0) is 16.8 Å². The smallest absolute Gasteiger partial charge is 0.323 e. The van der Waals surface area contributed by atoms with Crippen molar-refractivity contribution in [3.63, 3.8) is 0 Å². The number of hydrogen-bond donors (Lipinski definition) is 1. The van der Waals surface area contributed by atoms with Crippen LogP contribution in [0.15, 0.2) is 5.38 Å². The average Bonchev–Trinajstić information content (AvgIpc) is 3.25. The van der Waals surface area contributed by atoms with Gasteiger partial charge in [0.25, 0.3) is 5.91 Å². The molecule has 3 amide bonds. The maximum Gasteiger partial charge on any atom is 0.326 e. The van der Waals surface area contributed by atoms with Crippen molar-refractivity contribution in [2.45, 2.75) is 70.9 Å². The van der Waals surface area contributed by atoms with E-state index in [4.69, 9.17) is 4.98 Å². The molecule has 166 valence electrons. The zero-order chi connectivity index (χ0) is 21.5. The number of nitrogens with zero attached hydrogens (tertiary/aromatic N) is 4. The van der Waals surface area contributed by atoms with Gasteiger partial charge in [-0.1, -0.05) is 40.5 Å². The van der Waals surface area contributed by atoms with Crippen LogP contribution >= 0.6 is 11.3 Å². The molecular weight excluding hydrogens is 398 g/mol. The van der Waals surface area contributed by atoms with Crippen molar-refractivity contribution in [3.05, 3.63) is 16.1 Å². The lowest BCUT2D eigenvalue weighted by Crippen LogP contribution is -2.55. The van der Waals surface area contributed by atoms with E-state index in [0.717, 1.165) is 64.1 Å². The number of piperazine rings is 1. The highest BCUT2D eigenvalue weighted by Gasteiger charge is 2.55. The van der Waals surface area contributed by atoms with E-state index in [2.05, 4.69) is 48.2 Å². The summed E-state index contributed by atoms with van der Waals surface area (Å²) in [4.78, 5) is 36.7. The third-order valence-corrected chi connectivity index (χ3v) is 8.20. The Morgan fingerprint density at radius 2 is 1.87 bits per heavy atom.